The Morgan fingerprint density at radius 1 is 1.40 bits per heavy atom. The number of rotatable bonds is 7. The Morgan fingerprint density at radius 3 is 2.95 bits per heavy atom. The second kappa shape index (κ2) is 7.81. The van der Waals surface area contributed by atoms with E-state index in [1.165, 1.54) is 24.8 Å². The molecule has 4 nitrogen and oxygen atoms in total. The van der Waals surface area contributed by atoms with Crippen LogP contribution in [0.15, 0.2) is 16.7 Å². The van der Waals surface area contributed by atoms with Gasteiger partial charge in [-0.25, -0.2) is 0 Å². The van der Waals surface area contributed by atoms with Gasteiger partial charge in [0.15, 0.2) is 0 Å². The molecule has 2 heterocycles. The molecule has 0 aromatic carbocycles. The maximum absolute atomic E-state index is 5.77. The molecule has 0 radical (unpaired) electrons. The van der Waals surface area contributed by atoms with Crippen molar-refractivity contribution in [2.45, 2.75) is 58.3 Å². The van der Waals surface area contributed by atoms with E-state index < -0.39 is 0 Å². The van der Waals surface area contributed by atoms with Gasteiger partial charge in [0.25, 0.3) is 0 Å². The summed E-state index contributed by atoms with van der Waals surface area (Å²) in [6, 6.07) is 2.65. The first-order valence-electron chi connectivity index (χ1n) is 7.73. The molecule has 1 unspecified atom stereocenters. The topological polar surface area (TPSA) is 37.6 Å². The molecule has 1 N–H and O–H groups in total. The lowest BCUT2D eigenvalue weighted by atomic mass is 10.1. The predicted molar refractivity (Wildman–Crippen MR) is 80.6 cm³/mol. The minimum absolute atomic E-state index is 0.394. The first kappa shape index (κ1) is 15.5. The third-order valence-corrected chi connectivity index (χ3v) is 3.64. The number of nitrogens with one attached hydrogen (secondary N) is 1. The fourth-order valence-electron chi connectivity index (χ4n) is 2.55. The molecule has 114 valence electrons. The van der Waals surface area contributed by atoms with Gasteiger partial charge >= 0.3 is 0 Å². The Kier molecular flexibility index (Phi) is 6.07. The van der Waals surface area contributed by atoms with Crippen LogP contribution < -0.4 is 5.32 Å². The van der Waals surface area contributed by atoms with E-state index in [2.05, 4.69) is 37.2 Å². The van der Waals surface area contributed by atoms with Crippen molar-refractivity contribution in [1.82, 2.24) is 10.2 Å². The molecule has 4 heteroatoms. The highest BCUT2D eigenvalue weighted by molar-refractivity contribution is 5.12. The van der Waals surface area contributed by atoms with Crippen LogP contribution in [0.5, 0.6) is 0 Å². The summed E-state index contributed by atoms with van der Waals surface area (Å²) >= 11 is 0. The zero-order chi connectivity index (χ0) is 14.4. The van der Waals surface area contributed by atoms with Crippen LogP contribution in [0.1, 0.15) is 44.4 Å². The first-order chi connectivity index (χ1) is 9.63. The highest BCUT2D eigenvalue weighted by Crippen LogP contribution is 2.15. The number of likely N-dealkylation sites (N-methyl/N-ethyl adjacent to an activating group) is 1. The number of ether oxygens (including phenoxy) is 1. The van der Waals surface area contributed by atoms with E-state index in [1.807, 2.05) is 6.26 Å². The summed E-state index contributed by atoms with van der Waals surface area (Å²) in [7, 11) is 2.13. The molecule has 1 aromatic heterocycles. The van der Waals surface area contributed by atoms with E-state index in [-0.39, 0.29) is 0 Å². The fourth-order valence-corrected chi connectivity index (χ4v) is 2.55. The highest BCUT2D eigenvalue weighted by Gasteiger charge is 2.16. The Bertz CT molecular complexity index is 384. The molecule has 1 aromatic rings. The van der Waals surface area contributed by atoms with E-state index in [9.17, 15) is 0 Å². The van der Waals surface area contributed by atoms with Crippen molar-refractivity contribution in [1.29, 1.82) is 0 Å². The van der Waals surface area contributed by atoms with Gasteiger partial charge in [0.05, 0.1) is 18.9 Å². The number of furan rings is 1. The highest BCUT2D eigenvalue weighted by atomic mass is 16.5. The van der Waals surface area contributed by atoms with Gasteiger partial charge in [-0.1, -0.05) is 13.8 Å². The first-order valence-corrected chi connectivity index (χ1v) is 7.73. The standard InChI is InChI=1S/C16H28N2O2/c1-13(2)17-9-14-8-16(20-12-14)11-18(3)10-15-6-4-5-7-19-15/h8,12-13,15,17H,4-7,9-11H2,1-3H3. The molecule has 1 saturated heterocycles. The second-order valence-electron chi connectivity index (χ2n) is 6.14. The van der Waals surface area contributed by atoms with Crippen LogP contribution in [0.25, 0.3) is 0 Å². The Hall–Kier alpha value is -0.840. The molecule has 20 heavy (non-hydrogen) atoms. The van der Waals surface area contributed by atoms with Gasteiger partial charge in [-0.15, -0.1) is 0 Å². The lowest BCUT2D eigenvalue weighted by Gasteiger charge is -2.26. The van der Waals surface area contributed by atoms with Crippen molar-refractivity contribution in [3.63, 3.8) is 0 Å². The minimum Gasteiger partial charge on any atom is -0.468 e. The maximum Gasteiger partial charge on any atom is 0.118 e. The van der Waals surface area contributed by atoms with Crippen LogP contribution in [-0.4, -0.2) is 37.2 Å². The van der Waals surface area contributed by atoms with Gasteiger partial charge in [-0.2, -0.15) is 0 Å². The van der Waals surface area contributed by atoms with Crippen LogP contribution in [0.3, 0.4) is 0 Å². The average molecular weight is 280 g/mol. The largest absolute Gasteiger partial charge is 0.468 e. The molecule has 0 amide bonds. The summed E-state index contributed by atoms with van der Waals surface area (Å²) in [6.45, 7) is 7.93. The quantitative estimate of drug-likeness (QED) is 0.833. The van der Waals surface area contributed by atoms with Crippen LogP contribution in [0.4, 0.5) is 0 Å². The van der Waals surface area contributed by atoms with E-state index in [1.54, 1.807) is 0 Å². The van der Waals surface area contributed by atoms with E-state index in [4.69, 9.17) is 9.15 Å². The SMILES string of the molecule is CC(C)NCc1coc(CN(C)CC2CCCCO2)c1. The molecular weight excluding hydrogens is 252 g/mol. The van der Waals surface area contributed by atoms with Crippen LogP contribution in [0.2, 0.25) is 0 Å². The average Bonchev–Trinajstić information content (AvgIpc) is 2.85. The summed E-state index contributed by atoms with van der Waals surface area (Å²) in [4.78, 5) is 2.29. The molecule has 0 saturated carbocycles. The molecule has 1 fully saturated rings. The van der Waals surface area contributed by atoms with E-state index in [0.29, 0.717) is 12.1 Å². The Balaban J connectivity index is 1.74. The van der Waals surface area contributed by atoms with E-state index >= 15 is 0 Å². The number of hydrogen-bond donors (Lipinski definition) is 1. The molecular formula is C16H28N2O2. The zero-order valence-corrected chi connectivity index (χ0v) is 13.0. The van der Waals surface area contributed by atoms with Gasteiger partial charge in [0.2, 0.25) is 0 Å². The number of nitrogens with zero attached hydrogens (tertiary/aromatic N) is 1. The van der Waals surface area contributed by atoms with Crippen molar-refractivity contribution in [3.05, 3.63) is 23.7 Å². The van der Waals surface area contributed by atoms with Crippen molar-refractivity contribution < 1.29 is 9.15 Å². The van der Waals surface area contributed by atoms with Crippen LogP contribution in [-0.2, 0) is 17.8 Å². The Morgan fingerprint density at radius 2 is 2.25 bits per heavy atom. The summed E-state index contributed by atoms with van der Waals surface area (Å²) in [5.74, 6) is 1.03. The molecule has 0 spiro atoms. The van der Waals surface area contributed by atoms with Crippen LogP contribution >= 0.6 is 0 Å². The monoisotopic (exact) mass is 280 g/mol. The van der Waals surface area contributed by atoms with Gasteiger partial charge in [0, 0.05) is 31.3 Å². The normalized spacial score (nSPS) is 19.9. The smallest absolute Gasteiger partial charge is 0.118 e. The van der Waals surface area contributed by atoms with Gasteiger partial charge in [-0.05, 0) is 32.4 Å². The van der Waals surface area contributed by atoms with Crippen molar-refractivity contribution >= 4 is 0 Å². The van der Waals surface area contributed by atoms with Gasteiger partial charge < -0.3 is 14.5 Å². The summed E-state index contributed by atoms with van der Waals surface area (Å²) < 4.78 is 11.4. The minimum atomic E-state index is 0.394. The fraction of sp³-hybridized carbons (Fsp3) is 0.750. The second-order valence-corrected chi connectivity index (χ2v) is 6.14. The molecule has 1 aliphatic heterocycles. The summed E-state index contributed by atoms with van der Waals surface area (Å²) in [6.07, 6.45) is 5.95. The third kappa shape index (κ3) is 5.27. The Labute approximate surface area is 122 Å². The van der Waals surface area contributed by atoms with Gasteiger partial charge in [-0.3, -0.25) is 4.90 Å². The van der Waals surface area contributed by atoms with Crippen molar-refractivity contribution in [2.24, 2.45) is 0 Å². The molecule has 1 aliphatic rings. The number of hydrogen-bond acceptors (Lipinski definition) is 4. The molecule has 0 bridgehead atoms. The third-order valence-electron chi connectivity index (χ3n) is 3.64. The zero-order valence-electron chi connectivity index (χ0n) is 13.0. The molecule has 1 atom stereocenters. The lowest BCUT2D eigenvalue weighted by molar-refractivity contribution is -0.00338. The van der Waals surface area contributed by atoms with Crippen molar-refractivity contribution in [3.8, 4) is 0 Å². The maximum atomic E-state index is 5.77. The van der Waals surface area contributed by atoms with Crippen LogP contribution in [0, 0.1) is 0 Å². The molecule has 2 rings (SSSR count). The molecule has 0 aliphatic carbocycles. The van der Waals surface area contributed by atoms with Crippen molar-refractivity contribution in [2.75, 3.05) is 20.2 Å². The summed E-state index contributed by atoms with van der Waals surface area (Å²) in [5.41, 5.74) is 1.22. The summed E-state index contributed by atoms with van der Waals surface area (Å²) in [5, 5.41) is 3.40. The van der Waals surface area contributed by atoms with E-state index in [0.717, 1.165) is 32.0 Å². The van der Waals surface area contributed by atoms with Gasteiger partial charge in [0.1, 0.15) is 5.76 Å². The predicted octanol–water partition coefficient (Wildman–Crippen LogP) is 2.78. The lowest BCUT2D eigenvalue weighted by Crippen LogP contribution is -2.32.